The molecule has 0 saturated carbocycles. The molecule has 1 rings (SSSR count). The van der Waals surface area contributed by atoms with Gasteiger partial charge >= 0.3 is 5.97 Å². The predicted octanol–water partition coefficient (Wildman–Crippen LogP) is 2.10. The second kappa shape index (κ2) is 8.12. The molecule has 0 bridgehead atoms. The minimum absolute atomic E-state index is 0.0591. The van der Waals surface area contributed by atoms with E-state index >= 15 is 0 Å². The average molecular weight is 276 g/mol. The van der Waals surface area contributed by atoms with Crippen LogP contribution < -0.4 is 11.1 Å². The van der Waals surface area contributed by atoms with Gasteiger partial charge in [0, 0.05) is 18.2 Å². The number of carboxylic acids is 1. The number of hydrogen-bond donors (Lipinski definition) is 3. The highest BCUT2D eigenvalue weighted by Gasteiger charge is 2.10. The van der Waals surface area contributed by atoms with Crippen LogP contribution in [-0.2, 0) is 9.59 Å². The summed E-state index contributed by atoms with van der Waals surface area (Å²) in [6.07, 6.45) is 3.85. The summed E-state index contributed by atoms with van der Waals surface area (Å²) in [5.74, 6) is -0.848. The van der Waals surface area contributed by atoms with E-state index in [-0.39, 0.29) is 11.8 Å². The molecule has 1 aromatic rings. The molecular formula is C15H20N2O3. The van der Waals surface area contributed by atoms with Crippen LogP contribution in [0.5, 0.6) is 0 Å². The Morgan fingerprint density at radius 3 is 2.50 bits per heavy atom. The Labute approximate surface area is 118 Å². The minimum Gasteiger partial charge on any atom is -0.478 e. The third-order valence-corrected chi connectivity index (χ3v) is 3.00. The SMILES string of the molecule is CCC(CN)CC(=O)Nc1ccc(/C=C/C(=O)O)cc1. The van der Waals surface area contributed by atoms with Gasteiger partial charge in [0.1, 0.15) is 0 Å². The molecule has 5 nitrogen and oxygen atoms in total. The Kier molecular flexibility index (Phi) is 6.46. The molecule has 0 aliphatic heterocycles. The van der Waals surface area contributed by atoms with E-state index in [1.807, 2.05) is 6.92 Å². The number of hydrogen-bond acceptors (Lipinski definition) is 3. The molecule has 0 heterocycles. The van der Waals surface area contributed by atoms with Gasteiger partial charge in [-0.1, -0.05) is 25.5 Å². The fraction of sp³-hybridized carbons (Fsp3) is 0.333. The maximum absolute atomic E-state index is 11.8. The molecule has 1 atom stereocenters. The van der Waals surface area contributed by atoms with Crippen molar-refractivity contribution in [1.29, 1.82) is 0 Å². The van der Waals surface area contributed by atoms with E-state index in [1.165, 1.54) is 6.08 Å². The second-order valence-electron chi connectivity index (χ2n) is 4.56. The number of anilines is 1. The molecule has 0 aromatic heterocycles. The van der Waals surface area contributed by atoms with Crippen molar-refractivity contribution in [2.45, 2.75) is 19.8 Å². The number of carbonyl (C=O) groups excluding carboxylic acids is 1. The molecule has 4 N–H and O–H groups in total. The summed E-state index contributed by atoms with van der Waals surface area (Å²) in [6, 6.07) is 6.97. The lowest BCUT2D eigenvalue weighted by atomic mass is 10.0. The topological polar surface area (TPSA) is 92.4 Å². The maximum atomic E-state index is 11.8. The van der Waals surface area contributed by atoms with Gasteiger partial charge in [-0.15, -0.1) is 0 Å². The van der Waals surface area contributed by atoms with Crippen LogP contribution >= 0.6 is 0 Å². The molecule has 20 heavy (non-hydrogen) atoms. The first-order chi connectivity index (χ1) is 9.55. The number of carboxylic acid groups (broad SMARTS) is 1. The molecule has 0 saturated heterocycles. The first kappa shape index (κ1) is 15.9. The highest BCUT2D eigenvalue weighted by Crippen LogP contribution is 2.13. The Balaban J connectivity index is 2.57. The van der Waals surface area contributed by atoms with E-state index < -0.39 is 5.97 Å². The summed E-state index contributed by atoms with van der Waals surface area (Å²) in [5, 5.41) is 11.3. The van der Waals surface area contributed by atoms with Crippen molar-refractivity contribution in [1.82, 2.24) is 0 Å². The molecule has 0 spiro atoms. The molecule has 108 valence electrons. The van der Waals surface area contributed by atoms with Gasteiger partial charge in [0.2, 0.25) is 5.91 Å². The van der Waals surface area contributed by atoms with Crippen molar-refractivity contribution in [2.24, 2.45) is 11.7 Å². The zero-order chi connectivity index (χ0) is 15.0. The molecule has 0 aliphatic rings. The van der Waals surface area contributed by atoms with E-state index in [2.05, 4.69) is 5.32 Å². The fourth-order valence-corrected chi connectivity index (χ4v) is 1.71. The van der Waals surface area contributed by atoms with Crippen LogP contribution in [0.25, 0.3) is 6.08 Å². The first-order valence-electron chi connectivity index (χ1n) is 6.56. The van der Waals surface area contributed by atoms with Gasteiger partial charge in [0.25, 0.3) is 0 Å². The van der Waals surface area contributed by atoms with Gasteiger partial charge in [0.15, 0.2) is 0 Å². The zero-order valence-corrected chi connectivity index (χ0v) is 11.5. The fourth-order valence-electron chi connectivity index (χ4n) is 1.71. The van der Waals surface area contributed by atoms with Crippen molar-refractivity contribution >= 4 is 23.6 Å². The summed E-state index contributed by atoms with van der Waals surface area (Å²) >= 11 is 0. The number of rotatable bonds is 7. The number of aliphatic carboxylic acids is 1. The van der Waals surface area contributed by atoms with Crippen LogP contribution in [0.2, 0.25) is 0 Å². The molecule has 0 radical (unpaired) electrons. The molecule has 0 fully saturated rings. The molecule has 0 aliphatic carbocycles. The second-order valence-corrected chi connectivity index (χ2v) is 4.56. The highest BCUT2D eigenvalue weighted by atomic mass is 16.4. The lowest BCUT2D eigenvalue weighted by Crippen LogP contribution is -2.21. The van der Waals surface area contributed by atoms with Crippen molar-refractivity contribution in [3.8, 4) is 0 Å². The summed E-state index contributed by atoms with van der Waals surface area (Å²) in [4.78, 5) is 22.2. The number of benzene rings is 1. The monoisotopic (exact) mass is 276 g/mol. The van der Waals surface area contributed by atoms with E-state index in [0.717, 1.165) is 18.1 Å². The van der Waals surface area contributed by atoms with Crippen LogP contribution in [0, 0.1) is 5.92 Å². The van der Waals surface area contributed by atoms with Crippen LogP contribution in [0.15, 0.2) is 30.3 Å². The van der Waals surface area contributed by atoms with Crippen molar-refractivity contribution in [3.05, 3.63) is 35.9 Å². The zero-order valence-electron chi connectivity index (χ0n) is 11.5. The molecule has 1 amide bonds. The summed E-state index contributed by atoms with van der Waals surface area (Å²) < 4.78 is 0. The van der Waals surface area contributed by atoms with E-state index in [9.17, 15) is 9.59 Å². The van der Waals surface area contributed by atoms with Gasteiger partial charge in [-0.3, -0.25) is 4.79 Å². The van der Waals surface area contributed by atoms with Crippen LogP contribution in [0.3, 0.4) is 0 Å². The molecule has 1 aromatic carbocycles. The largest absolute Gasteiger partial charge is 0.478 e. The average Bonchev–Trinajstić information content (AvgIpc) is 2.44. The van der Waals surface area contributed by atoms with Crippen molar-refractivity contribution in [3.63, 3.8) is 0 Å². The van der Waals surface area contributed by atoms with E-state index in [4.69, 9.17) is 10.8 Å². The quantitative estimate of drug-likeness (QED) is 0.665. The number of carbonyl (C=O) groups is 2. The molecule has 1 unspecified atom stereocenters. The Morgan fingerprint density at radius 1 is 1.35 bits per heavy atom. The van der Waals surface area contributed by atoms with Gasteiger partial charge < -0.3 is 16.2 Å². The van der Waals surface area contributed by atoms with Crippen LogP contribution in [0.1, 0.15) is 25.3 Å². The van der Waals surface area contributed by atoms with Gasteiger partial charge in [-0.25, -0.2) is 4.79 Å². The highest BCUT2D eigenvalue weighted by molar-refractivity contribution is 5.91. The Morgan fingerprint density at radius 2 is 2.00 bits per heavy atom. The van der Waals surface area contributed by atoms with Gasteiger partial charge in [-0.2, -0.15) is 0 Å². The Hall–Kier alpha value is -2.14. The van der Waals surface area contributed by atoms with Gasteiger partial charge in [-0.05, 0) is 36.2 Å². The van der Waals surface area contributed by atoms with E-state index in [1.54, 1.807) is 24.3 Å². The maximum Gasteiger partial charge on any atom is 0.328 e. The summed E-state index contributed by atoms with van der Waals surface area (Å²) in [6.45, 7) is 2.51. The Bertz CT molecular complexity index is 476. The standard InChI is InChI=1S/C15H20N2O3/c1-2-11(10-16)9-14(18)17-13-6-3-12(4-7-13)5-8-15(19)20/h3-8,11H,2,9-10,16H2,1H3,(H,17,18)(H,19,20)/b8-5+. The summed E-state index contributed by atoms with van der Waals surface area (Å²) in [5.41, 5.74) is 7.02. The number of nitrogens with one attached hydrogen (secondary N) is 1. The normalized spacial score (nSPS) is 12.3. The van der Waals surface area contributed by atoms with Crippen molar-refractivity contribution in [2.75, 3.05) is 11.9 Å². The third kappa shape index (κ3) is 5.67. The smallest absolute Gasteiger partial charge is 0.328 e. The van der Waals surface area contributed by atoms with Gasteiger partial charge in [0.05, 0.1) is 0 Å². The lowest BCUT2D eigenvalue weighted by Gasteiger charge is -2.12. The first-order valence-corrected chi connectivity index (χ1v) is 6.56. The van der Waals surface area contributed by atoms with Crippen LogP contribution in [0.4, 0.5) is 5.69 Å². The molecular weight excluding hydrogens is 256 g/mol. The van der Waals surface area contributed by atoms with Crippen LogP contribution in [-0.4, -0.2) is 23.5 Å². The predicted molar refractivity (Wildman–Crippen MR) is 79.2 cm³/mol. The van der Waals surface area contributed by atoms with E-state index in [0.29, 0.717) is 18.7 Å². The lowest BCUT2D eigenvalue weighted by molar-refractivity contribution is -0.131. The van der Waals surface area contributed by atoms with Crippen molar-refractivity contribution < 1.29 is 14.7 Å². The third-order valence-electron chi connectivity index (χ3n) is 3.00. The summed E-state index contributed by atoms with van der Waals surface area (Å²) in [7, 11) is 0. The number of nitrogens with two attached hydrogens (primary N) is 1. The number of amides is 1. The molecule has 5 heteroatoms. The minimum atomic E-state index is -0.991.